The van der Waals surface area contributed by atoms with E-state index in [1.807, 2.05) is 0 Å². The van der Waals surface area contributed by atoms with E-state index >= 15 is 0 Å². The fourth-order valence-corrected chi connectivity index (χ4v) is 4.65. The molecule has 2 saturated heterocycles. The number of nitrogens with zero attached hydrogens (tertiary/aromatic N) is 2. The van der Waals surface area contributed by atoms with Gasteiger partial charge in [0, 0.05) is 36.0 Å². The number of aromatic amines is 1. The van der Waals surface area contributed by atoms with Crippen molar-refractivity contribution in [3.63, 3.8) is 0 Å². The van der Waals surface area contributed by atoms with Crippen molar-refractivity contribution in [1.82, 2.24) is 14.8 Å². The number of rotatable bonds is 1. The van der Waals surface area contributed by atoms with E-state index in [9.17, 15) is 9.59 Å². The minimum Gasteiger partial charge on any atom is -0.331 e. The van der Waals surface area contributed by atoms with Crippen LogP contribution in [-0.4, -0.2) is 52.9 Å². The molecule has 0 radical (unpaired) electrons. The highest BCUT2D eigenvalue weighted by Gasteiger charge is 2.40. The Morgan fingerprint density at radius 3 is 2.83 bits per heavy atom. The number of amides is 1. The summed E-state index contributed by atoms with van der Waals surface area (Å²) in [4.78, 5) is 32.7. The van der Waals surface area contributed by atoms with Crippen LogP contribution in [0.4, 0.5) is 0 Å². The summed E-state index contributed by atoms with van der Waals surface area (Å²) in [6.45, 7) is 2.01. The van der Waals surface area contributed by atoms with Crippen molar-refractivity contribution in [2.75, 3.05) is 20.1 Å². The highest BCUT2D eigenvalue weighted by molar-refractivity contribution is 5.96. The number of likely N-dealkylation sites (tertiary alicyclic amines) is 1. The lowest BCUT2D eigenvalue weighted by atomic mass is 9.91. The number of pyridine rings is 1. The Hall–Kier alpha value is -1.62. The quantitative estimate of drug-likeness (QED) is 0.856. The standard InChI is InChI=1S/C18H25N3O2/c1-20-9-8-12-6-7-13(11-20)21(12)18(23)15-10-17(22)19-16-5-3-2-4-14(15)16/h10,12-13H,2-9,11H2,1H3,(H,19,22)/t12-,13+/m1/s1. The van der Waals surface area contributed by atoms with Gasteiger partial charge in [0.2, 0.25) is 5.56 Å². The second kappa shape index (κ2) is 5.78. The molecule has 1 aromatic rings. The van der Waals surface area contributed by atoms with Gasteiger partial charge in [-0.2, -0.15) is 0 Å². The molecule has 5 heteroatoms. The molecule has 1 N–H and O–H groups in total. The van der Waals surface area contributed by atoms with E-state index in [-0.39, 0.29) is 11.5 Å². The first-order valence-corrected chi connectivity index (χ1v) is 8.90. The predicted molar refractivity (Wildman–Crippen MR) is 88.8 cm³/mol. The van der Waals surface area contributed by atoms with Crippen LogP contribution < -0.4 is 5.56 Å². The normalized spacial score (nSPS) is 27.6. The van der Waals surface area contributed by atoms with Gasteiger partial charge < -0.3 is 14.8 Å². The molecule has 1 aliphatic carbocycles. The van der Waals surface area contributed by atoms with E-state index in [2.05, 4.69) is 21.8 Å². The summed E-state index contributed by atoms with van der Waals surface area (Å²) in [6, 6.07) is 2.19. The van der Waals surface area contributed by atoms with Crippen molar-refractivity contribution in [2.45, 2.75) is 57.0 Å². The molecule has 1 aromatic heterocycles. The fraction of sp³-hybridized carbons (Fsp3) is 0.667. The number of aryl methyl sites for hydroxylation is 1. The highest BCUT2D eigenvalue weighted by Crippen LogP contribution is 2.32. The molecule has 0 unspecified atom stereocenters. The summed E-state index contributed by atoms with van der Waals surface area (Å²) in [5, 5.41) is 0. The van der Waals surface area contributed by atoms with Crippen LogP contribution in [0.1, 0.15) is 53.7 Å². The van der Waals surface area contributed by atoms with Crippen LogP contribution in [0.15, 0.2) is 10.9 Å². The number of hydrogen-bond donors (Lipinski definition) is 1. The van der Waals surface area contributed by atoms with Gasteiger partial charge >= 0.3 is 0 Å². The van der Waals surface area contributed by atoms with Crippen LogP contribution in [0.3, 0.4) is 0 Å². The van der Waals surface area contributed by atoms with Gasteiger partial charge in [-0.3, -0.25) is 9.59 Å². The topological polar surface area (TPSA) is 56.4 Å². The molecule has 2 bridgehead atoms. The lowest BCUT2D eigenvalue weighted by Gasteiger charge is -2.30. The predicted octanol–water partition coefficient (Wildman–Crippen LogP) is 1.56. The summed E-state index contributed by atoms with van der Waals surface area (Å²) in [6.07, 6.45) is 7.25. The van der Waals surface area contributed by atoms with E-state index in [0.29, 0.717) is 17.6 Å². The summed E-state index contributed by atoms with van der Waals surface area (Å²) in [5.41, 5.74) is 2.63. The molecule has 2 fully saturated rings. The number of carbonyl (C=O) groups is 1. The molecule has 23 heavy (non-hydrogen) atoms. The first kappa shape index (κ1) is 14.9. The third-order valence-corrected chi connectivity index (χ3v) is 5.79. The van der Waals surface area contributed by atoms with Crippen molar-refractivity contribution >= 4 is 5.91 Å². The first-order chi connectivity index (χ1) is 11.1. The number of fused-ring (bicyclic) bond motifs is 3. The number of aromatic nitrogens is 1. The number of carbonyl (C=O) groups excluding carboxylic acids is 1. The Kier molecular flexibility index (Phi) is 3.76. The Balaban J connectivity index is 1.72. The van der Waals surface area contributed by atoms with E-state index in [1.165, 1.54) is 0 Å². The van der Waals surface area contributed by atoms with Crippen LogP contribution in [0.25, 0.3) is 0 Å². The summed E-state index contributed by atoms with van der Waals surface area (Å²) in [5.74, 6) is 0.0945. The molecule has 0 saturated carbocycles. The molecule has 124 valence electrons. The van der Waals surface area contributed by atoms with E-state index in [4.69, 9.17) is 0 Å². The Labute approximate surface area is 136 Å². The maximum atomic E-state index is 13.3. The Morgan fingerprint density at radius 2 is 1.96 bits per heavy atom. The minimum atomic E-state index is -0.131. The minimum absolute atomic E-state index is 0.0945. The zero-order valence-corrected chi connectivity index (χ0v) is 13.8. The average molecular weight is 315 g/mol. The molecule has 0 aromatic carbocycles. The molecule has 5 nitrogen and oxygen atoms in total. The first-order valence-electron chi connectivity index (χ1n) is 8.90. The van der Waals surface area contributed by atoms with Crippen LogP contribution in [0.2, 0.25) is 0 Å². The summed E-state index contributed by atoms with van der Waals surface area (Å²) in [7, 11) is 2.14. The van der Waals surface area contributed by atoms with Crippen LogP contribution in [0.5, 0.6) is 0 Å². The van der Waals surface area contributed by atoms with Crippen molar-refractivity contribution < 1.29 is 4.79 Å². The van der Waals surface area contributed by atoms with Crippen molar-refractivity contribution in [3.8, 4) is 0 Å². The molecule has 3 aliphatic rings. The molecule has 2 aliphatic heterocycles. The lowest BCUT2D eigenvalue weighted by Crippen LogP contribution is -2.43. The molecule has 4 rings (SSSR count). The lowest BCUT2D eigenvalue weighted by molar-refractivity contribution is 0.0671. The van der Waals surface area contributed by atoms with E-state index in [0.717, 1.165) is 69.3 Å². The van der Waals surface area contributed by atoms with Crippen LogP contribution in [0, 0.1) is 0 Å². The fourth-order valence-electron chi connectivity index (χ4n) is 4.65. The summed E-state index contributed by atoms with van der Waals surface area (Å²) < 4.78 is 0. The van der Waals surface area contributed by atoms with Gasteiger partial charge in [0.25, 0.3) is 5.91 Å². The second-order valence-corrected chi connectivity index (χ2v) is 7.36. The molecular weight excluding hydrogens is 290 g/mol. The number of likely N-dealkylation sites (N-methyl/N-ethyl adjacent to an activating group) is 1. The summed E-state index contributed by atoms with van der Waals surface area (Å²) >= 11 is 0. The van der Waals surface area contributed by atoms with Gasteiger partial charge in [-0.05, 0) is 64.1 Å². The number of hydrogen-bond acceptors (Lipinski definition) is 3. The molecule has 0 spiro atoms. The van der Waals surface area contributed by atoms with Gasteiger partial charge in [-0.1, -0.05) is 0 Å². The Bertz CT molecular complexity index is 681. The second-order valence-electron chi connectivity index (χ2n) is 7.36. The monoisotopic (exact) mass is 315 g/mol. The zero-order chi connectivity index (χ0) is 16.0. The van der Waals surface area contributed by atoms with Gasteiger partial charge in [-0.15, -0.1) is 0 Å². The average Bonchev–Trinajstić information content (AvgIpc) is 2.85. The van der Waals surface area contributed by atoms with Crippen molar-refractivity contribution in [3.05, 3.63) is 33.2 Å². The third kappa shape index (κ3) is 2.61. The van der Waals surface area contributed by atoms with Gasteiger partial charge in [0.05, 0.1) is 0 Å². The maximum absolute atomic E-state index is 13.3. The highest BCUT2D eigenvalue weighted by atomic mass is 16.2. The van der Waals surface area contributed by atoms with E-state index < -0.39 is 0 Å². The van der Waals surface area contributed by atoms with Gasteiger partial charge in [0.15, 0.2) is 0 Å². The number of nitrogens with one attached hydrogen (secondary N) is 1. The molecule has 3 heterocycles. The molecular formula is C18H25N3O2. The zero-order valence-electron chi connectivity index (χ0n) is 13.8. The van der Waals surface area contributed by atoms with E-state index in [1.54, 1.807) is 6.07 Å². The van der Waals surface area contributed by atoms with Gasteiger partial charge in [0.1, 0.15) is 0 Å². The van der Waals surface area contributed by atoms with Crippen LogP contribution in [-0.2, 0) is 12.8 Å². The van der Waals surface area contributed by atoms with Gasteiger partial charge in [-0.25, -0.2) is 0 Å². The number of H-pyrrole nitrogens is 1. The smallest absolute Gasteiger partial charge is 0.254 e. The maximum Gasteiger partial charge on any atom is 0.254 e. The van der Waals surface area contributed by atoms with Crippen molar-refractivity contribution in [1.29, 1.82) is 0 Å². The van der Waals surface area contributed by atoms with Crippen LogP contribution >= 0.6 is 0 Å². The SMILES string of the molecule is CN1CC[C@H]2CC[C@@H](C1)N2C(=O)c1cc(=O)[nH]c2c1CCCC2. The van der Waals surface area contributed by atoms with Crippen molar-refractivity contribution in [2.24, 2.45) is 0 Å². The third-order valence-electron chi connectivity index (χ3n) is 5.79. The molecule has 2 atom stereocenters. The largest absolute Gasteiger partial charge is 0.331 e. The Morgan fingerprint density at radius 1 is 1.17 bits per heavy atom. The molecule has 1 amide bonds.